The standard InChI is InChI=1S/C21H29N3O4S/c1-5-17-8-10-18(11-9-17)14-22(4)21(26)16-23-15-19(12-13-20(23)25)29(27,28)24(6-2)7-3/h8-13,15H,5-7,14,16H2,1-4H3. The molecule has 0 radical (unpaired) electrons. The van der Waals surface area contributed by atoms with Crippen LogP contribution >= 0.6 is 0 Å². The summed E-state index contributed by atoms with van der Waals surface area (Å²) in [5, 5.41) is 0. The highest BCUT2D eigenvalue weighted by Gasteiger charge is 2.23. The Hall–Kier alpha value is -2.45. The van der Waals surface area contributed by atoms with Crippen LogP contribution in [0.4, 0.5) is 0 Å². The van der Waals surface area contributed by atoms with E-state index in [0.29, 0.717) is 19.6 Å². The highest BCUT2D eigenvalue weighted by atomic mass is 32.2. The van der Waals surface area contributed by atoms with Gasteiger partial charge in [-0.3, -0.25) is 9.59 Å². The van der Waals surface area contributed by atoms with E-state index in [0.717, 1.165) is 16.6 Å². The molecule has 2 rings (SSSR count). The Morgan fingerprint density at radius 3 is 2.10 bits per heavy atom. The van der Waals surface area contributed by atoms with Crippen molar-refractivity contribution in [1.82, 2.24) is 13.8 Å². The van der Waals surface area contributed by atoms with Gasteiger partial charge in [0, 0.05) is 38.9 Å². The largest absolute Gasteiger partial charge is 0.340 e. The smallest absolute Gasteiger partial charge is 0.251 e. The second-order valence-electron chi connectivity index (χ2n) is 6.84. The molecular weight excluding hydrogens is 390 g/mol. The van der Waals surface area contributed by atoms with Gasteiger partial charge in [-0.1, -0.05) is 45.0 Å². The van der Waals surface area contributed by atoms with Crippen LogP contribution in [-0.2, 0) is 34.3 Å². The zero-order valence-electron chi connectivity index (χ0n) is 17.5. The first kappa shape index (κ1) is 22.8. The Morgan fingerprint density at radius 2 is 1.55 bits per heavy atom. The first-order chi connectivity index (χ1) is 13.7. The fourth-order valence-corrected chi connectivity index (χ4v) is 4.49. The van der Waals surface area contributed by atoms with Gasteiger partial charge >= 0.3 is 0 Å². The predicted molar refractivity (Wildman–Crippen MR) is 113 cm³/mol. The summed E-state index contributed by atoms with van der Waals surface area (Å²) in [6, 6.07) is 10.5. The number of amides is 1. The number of carbonyl (C=O) groups is 1. The number of hydrogen-bond acceptors (Lipinski definition) is 4. The Kier molecular flexibility index (Phi) is 7.75. The quantitative estimate of drug-likeness (QED) is 0.623. The highest BCUT2D eigenvalue weighted by molar-refractivity contribution is 7.89. The molecule has 29 heavy (non-hydrogen) atoms. The lowest BCUT2D eigenvalue weighted by molar-refractivity contribution is -0.131. The molecule has 0 fully saturated rings. The molecule has 1 aromatic carbocycles. The Bertz CT molecular complexity index is 993. The lowest BCUT2D eigenvalue weighted by atomic mass is 10.1. The maximum Gasteiger partial charge on any atom is 0.251 e. The molecule has 0 aliphatic carbocycles. The molecule has 0 N–H and O–H groups in total. The molecule has 0 aliphatic rings. The average molecular weight is 420 g/mol. The van der Waals surface area contributed by atoms with E-state index in [1.165, 1.54) is 33.1 Å². The van der Waals surface area contributed by atoms with Crippen LogP contribution in [0, 0.1) is 0 Å². The molecule has 2 aromatic rings. The van der Waals surface area contributed by atoms with Crippen LogP contribution in [0.2, 0.25) is 0 Å². The van der Waals surface area contributed by atoms with Gasteiger partial charge in [0.25, 0.3) is 5.56 Å². The van der Waals surface area contributed by atoms with Crippen LogP contribution in [0.3, 0.4) is 0 Å². The van der Waals surface area contributed by atoms with Crippen molar-refractivity contribution in [3.63, 3.8) is 0 Å². The van der Waals surface area contributed by atoms with Crippen LogP contribution in [-0.4, -0.2) is 48.2 Å². The van der Waals surface area contributed by atoms with Crippen molar-refractivity contribution >= 4 is 15.9 Å². The van der Waals surface area contributed by atoms with E-state index in [4.69, 9.17) is 0 Å². The highest BCUT2D eigenvalue weighted by Crippen LogP contribution is 2.14. The fourth-order valence-electron chi connectivity index (χ4n) is 3.01. The summed E-state index contributed by atoms with van der Waals surface area (Å²) in [4.78, 5) is 26.3. The third kappa shape index (κ3) is 5.55. The molecule has 1 aromatic heterocycles. The molecule has 1 amide bonds. The number of carbonyl (C=O) groups excluding carboxylic acids is 1. The topological polar surface area (TPSA) is 79.7 Å². The van der Waals surface area contributed by atoms with Gasteiger partial charge in [0.1, 0.15) is 6.54 Å². The first-order valence-corrected chi connectivity index (χ1v) is 11.2. The van der Waals surface area contributed by atoms with Crippen molar-refractivity contribution in [2.45, 2.75) is 45.2 Å². The number of aryl methyl sites for hydroxylation is 1. The summed E-state index contributed by atoms with van der Waals surface area (Å²) in [6.07, 6.45) is 2.20. The summed E-state index contributed by atoms with van der Waals surface area (Å²) in [5.74, 6) is -0.274. The van der Waals surface area contributed by atoms with Gasteiger partial charge in [-0.05, 0) is 23.6 Å². The first-order valence-electron chi connectivity index (χ1n) is 9.75. The summed E-state index contributed by atoms with van der Waals surface area (Å²) in [5.41, 5.74) is 1.79. The molecular formula is C21H29N3O4S. The average Bonchev–Trinajstić information content (AvgIpc) is 2.70. The van der Waals surface area contributed by atoms with Gasteiger partial charge in [0.2, 0.25) is 15.9 Å². The number of nitrogens with zero attached hydrogens (tertiary/aromatic N) is 3. The van der Waals surface area contributed by atoms with Crippen molar-refractivity contribution in [1.29, 1.82) is 0 Å². The number of rotatable bonds is 9. The third-order valence-corrected chi connectivity index (χ3v) is 6.92. The number of aromatic nitrogens is 1. The Labute approximate surface area is 172 Å². The van der Waals surface area contributed by atoms with Crippen molar-refractivity contribution in [3.8, 4) is 0 Å². The van der Waals surface area contributed by atoms with Gasteiger partial charge in [0.15, 0.2) is 0 Å². The van der Waals surface area contributed by atoms with Gasteiger partial charge in [-0.15, -0.1) is 0 Å². The van der Waals surface area contributed by atoms with E-state index in [1.807, 2.05) is 24.3 Å². The second kappa shape index (κ2) is 9.84. The minimum absolute atomic E-state index is 0.00593. The summed E-state index contributed by atoms with van der Waals surface area (Å²) in [7, 11) is -2.04. The lowest BCUT2D eigenvalue weighted by Gasteiger charge is -2.20. The normalized spacial score (nSPS) is 11.6. The Balaban J connectivity index is 2.17. The third-order valence-electron chi connectivity index (χ3n) is 4.88. The minimum Gasteiger partial charge on any atom is -0.340 e. The van der Waals surface area contributed by atoms with E-state index in [-0.39, 0.29) is 17.3 Å². The van der Waals surface area contributed by atoms with Crippen LogP contribution in [0.1, 0.15) is 31.9 Å². The monoisotopic (exact) mass is 419 g/mol. The number of sulfonamides is 1. The molecule has 8 heteroatoms. The van der Waals surface area contributed by atoms with Crippen molar-refractivity contribution in [2.24, 2.45) is 0 Å². The summed E-state index contributed by atoms with van der Waals surface area (Å²) in [6.45, 7) is 6.44. The Morgan fingerprint density at radius 1 is 0.966 bits per heavy atom. The fraction of sp³-hybridized carbons (Fsp3) is 0.429. The second-order valence-corrected chi connectivity index (χ2v) is 8.78. The molecule has 0 saturated carbocycles. The van der Waals surface area contributed by atoms with E-state index in [1.54, 1.807) is 20.9 Å². The van der Waals surface area contributed by atoms with Crippen LogP contribution in [0.5, 0.6) is 0 Å². The predicted octanol–water partition coefficient (Wildman–Crippen LogP) is 2.10. The number of hydrogen-bond donors (Lipinski definition) is 0. The zero-order valence-corrected chi connectivity index (χ0v) is 18.3. The van der Waals surface area contributed by atoms with E-state index >= 15 is 0 Å². The summed E-state index contributed by atoms with van der Waals surface area (Å²) < 4.78 is 27.8. The summed E-state index contributed by atoms with van der Waals surface area (Å²) >= 11 is 0. The van der Waals surface area contributed by atoms with Gasteiger partial charge in [-0.2, -0.15) is 4.31 Å². The molecule has 0 saturated heterocycles. The molecule has 0 atom stereocenters. The molecule has 158 valence electrons. The zero-order chi connectivity index (χ0) is 21.6. The van der Waals surface area contributed by atoms with Crippen LogP contribution in [0.25, 0.3) is 0 Å². The molecule has 7 nitrogen and oxygen atoms in total. The van der Waals surface area contributed by atoms with E-state index < -0.39 is 15.6 Å². The molecule has 0 bridgehead atoms. The van der Waals surface area contributed by atoms with Crippen LogP contribution < -0.4 is 5.56 Å². The molecule has 0 aliphatic heterocycles. The van der Waals surface area contributed by atoms with Crippen LogP contribution in [0.15, 0.2) is 52.3 Å². The van der Waals surface area contributed by atoms with Crippen molar-refractivity contribution < 1.29 is 13.2 Å². The van der Waals surface area contributed by atoms with Crippen molar-refractivity contribution in [3.05, 3.63) is 64.1 Å². The SMILES string of the molecule is CCc1ccc(CN(C)C(=O)Cn2cc(S(=O)(=O)N(CC)CC)ccc2=O)cc1. The number of benzene rings is 1. The maximum absolute atomic E-state index is 12.7. The number of likely N-dealkylation sites (N-methyl/N-ethyl adjacent to an activating group) is 1. The van der Waals surface area contributed by atoms with Gasteiger partial charge in [-0.25, -0.2) is 8.42 Å². The van der Waals surface area contributed by atoms with Crippen molar-refractivity contribution in [2.75, 3.05) is 20.1 Å². The van der Waals surface area contributed by atoms with E-state index in [9.17, 15) is 18.0 Å². The van der Waals surface area contributed by atoms with Gasteiger partial charge < -0.3 is 9.47 Å². The lowest BCUT2D eigenvalue weighted by Crippen LogP contribution is -2.35. The number of pyridine rings is 1. The van der Waals surface area contributed by atoms with Gasteiger partial charge in [0.05, 0.1) is 4.90 Å². The van der Waals surface area contributed by atoms with E-state index in [2.05, 4.69) is 6.92 Å². The molecule has 0 unspecified atom stereocenters. The molecule has 0 spiro atoms. The molecule has 1 heterocycles. The maximum atomic E-state index is 12.7. The minimum atomic E-state index is -3.70.